The summed E-state index contributed by atoms with van der Waals surface area (Å²) >= 11 is 1.35. The lowest BCUT2D eigenvalue weighted by atomic mass is 10.2. The fourth-order valence-electron chi connectivity index (χ4n) is 3.64. The number of tetrazole rings is 1. The normalized spacial score (nSPS) is 22.0. The first-order chi connectivity index (χ1) is 12.4. The Morgan fingerprint density at radius 3 is 2.69 bits per heavy atom. The molecule has 2 aromatic rings. The number of hydrogen-bond donors (Lipinski definition) is 0. The molecular formula is C16H21N5O3S2. The van der Waals surface area contributed by atoms with Gasteiger partial charge in [-0.1, -0.05) is 11.8 Å². The average Bonchev–Trinajstić information content (AvgIpc) is 3.10. The number of aryl methyl sites for hydroxylation is 1. The van der Waals surface area contributed by atoms with Crippen LogP contribution in [-0.4, -0.2) is 56.2 Å². The molecule has 0 bridgehead atoms. The van der Waals surface area contributed by atoms with Gasteiger partial charge in [-0.15, -0.1) is 5.10 Å². The van der Waals surface area contributed by atoms with Gasteiger partial charge in [-0.3, -0.25) is 4.79 Å². The first-order valence-electron chi connectivity index (χ1n) is 8.68. The average molecular weight is 396 g/mol. The van der Waals surface area contributed by atoms with E-state index in [1.807, 2.05) is 24.5 Å². The lowest BCUT2D eigenvalue weighted by Crippen LogP contribution is -2.14. The maximum Gasteiger partial charge on any atom is 0.210 e. The highest BCUT2D eigenvalue weighted by Crippen LogP contribution is 2.36. The first kappa shape index (κ1) is 17.7. The topological polar surface area (TPSA) is 99.7 Å². The van der Waals surface area contributed by atoms with Crippen molar-refractivity contribution in [2.75, 3.05) is 17.3 Å². The van der Waals surface area contributed by atoms with Crippen molar-refractivity contribution in [3.05, 3.63) is 23.0 Å². The number of carbonyl (C=O) groups is 1. The van der Waals surface area contributed by atoms with Crippen LogP contribution >= 0.6 is 11.8 Å². The molecule has 4 rings (SSSR count). The maximum atomic E-state index is 12.7. The third kappa shape index (κ3) is 3.32. The van der Waals surface area contributed by atoms with E-state index < -0.39 is 9.84 Å². The van der Waals surface area contributed by atoms with Crippen molar-refractivity contribution in [1.82, 2.24) is 24.8 Å². The predicted octanol–water partition coefficient (Wildman–Crippen LogP) is 1.76. The second kappa shape index (κ2) is 6.49. The van der Waals surface area contributed by atoms with Crippen molar-refractivity contribution in [3.63, 3.8) is 0 Å². The molecule has 1 aliphatic heterocycles. The van der Waals surface area contributed by atoms with Crippen LogP contribution in [0.3, 0.4) is 0 Å². The zero-order chi connectivity index (χ0) is 18.5. The summed E-state index contributed by atoms with van der Waals surface area (Å²) in [5, 5.41) is 12.4. The number of nitrogens with zero attached hydrogens (tertiary/aromatic N) is 5. The lowest BCUT2D eigenvalue weighted by Gasteiger charge is -2.16. The predicted molar refractivity (Wildman–Crippen MR) is 97.4 cm³/mol. The lowest BCUT2D eigenvalue weighted by molar-refractivity contribution is 0.102. The minimum Gasteiger partial charge on any atom is -0.344 e. The molecular weight excluding hydrogens is 374 g/mol. The van der Waals surface area contributed by atoms with Crippen LogP contribution in [-0.2, 0) is 9.84 Å². The number of hydrogen-bond acceptors (Lipinski definition) is 7. The van der Waals surface area contributed by atoms with Gasteiger partial charge in [-0.05, 0) is 49.6 Å². The van der Waals surface area contributed by atoms with Gasteiger partial charge in [0.2, 0.25) is 5.16 Å². The van der Waals surface area contributed by atoms with Crippen molar-refractivity contribution in [3.8, 4) is 0 Å². The van der Waals surface area contributed by atoms with E-state index in [0.717, 1.165) is 24.2 Å². The largest absolute Gasteiger partial charge is 0.344 e. The van der Waals surface area contributed by atoms with Gasteiger partial charge in [0.25, 0.3) is 0 Å². The van der Waals surface area contributed by atoms with Gasteiger partial charge in [0, 0.05) is 23.0 Å². The van der Waals surface area contributed by atoms with Gasteiger partial charge in [0.15, 0.2) is 15.6 Å². The Balaban J connectivity index is 1.50. The van der Waals surface area contributed by atoms with E-state index in [4.69, 9.17) is 0 Å². The molecule has 1 atom stereocenters. The summed E-state index contributed by atoms with van der Waals surface area (Å²) in [6.07, 6.45) is 2.77. The number of rotatable bonds is 6. The van der Waals surface area contributed by atoms with Crippen LogP contribution in [0.15, 0.2) is 11.2 Å². The van der Waals surface area contributed by atoms with E-state index in [-0.39, 0.29) is 29.1 Å². The summed E-state index contributed by atoms with van der Waals surface area (Å²) in [7, 11) is -2.97. The smallest absolute Gasteiger partial charge is 0.210 e. The Morgan fingerprint density at radius 1 is 1.27 bits per heavy atom. The molecule has 0 radical (unpaired) electrons. The molecule has 140 valence electrons. The van der Waals surface area contributed by atoms with Crippen molar-refractivity contribution >= 4 is 27.4 Å². The summed E-state index contributed by atoms with van der Waals surface area (Å²) < 4.78 is 27.4. The number of carbonyl (C=O) groups excluding carboxylic acids is 1. The number of aromatic nitrogens is 5. The van der Waals surface area contributed by atoms with Crippen molar-refractivity contribution in [2.45, 2.75) is 50.4 Å². The molecule has 2 aromatic heterocycles. The maximum absolute atomic E-state index is 12.7. The van der Waals surface area contributed by atoms with E-state index in [0.29, 0.717) is 23.2 Å². The molecule has 2 aliphatic rings. The van der Waals surface area contributed by atoms with Gasteiger partial charge in [0.1, 0.15) is 0 Å². The van der Waals surface area contributed by atoms with E-state index in [1.54, 1.807) is 4.68 Å². The number of thioether (sulfide) groups is 1. The summed E-state index contributed by atoms with van der Waals surface area (Å²) in [4.78, 5) is 12.7. The Labute approximate surface area is 156 Å². The van der Waals surface area contributed by atoms with E-state index in [2.05, 4.69) is 15.5 Å². The van der Waals surface area contributed by atoms with Gasteiger partial charge in [-0.2, -0.15) is 0 Å². The Kier molecular flexibility index (Phi) is 4.42. The Bertz CT molecular complexity index is 959. The highest BCUT2D eigenvalue weighted by Gasteiger charge is 2.32. The zero-order valence-electron chi connectivity index (χ0n) is 14.8. The molecule has 26 heavy (non-hydrogen) atoms. The molecule has 2 fully saturated rings. The van der Waals surface area contributed by atoms with E-state index in [9.17, 15) is 13.2 Å². The molecule has 10 heteroatoms. The van der Waals surface area contributed by atoms with Gasteiger partial charge in [0.05, 0.1) is 23.3 Å². The summed E-state index contributed by atoms with van der Waals surface area (Å²) in [5.74, 6) is 0.653. The van der Waals surface area contributed by atoms with Crippen LogP contribution in [0.2, 0.25) is 0 Å². The van der Waals surface area contributed by atoms with Crippen LogP contribution < -0.4 is 0 Å². The molecule has 0 unspecified atom stereocenters. The highest BCUT2D eigenvalue weighted by molar-refractivity contribution is 7.99. The van der Waals surface area contributed by atoms with Crippen LogP contribution in [0, 0.1) is 13.8 Å². The van der Waals surface area contributed by atoms with E-state index in [1.165, 1.54) is 11.8 Å². The number of sulfone groups is 1. The van der Waals surface area contributed by atoms with Crippen molar-refractivity contribution < 1.29 is 13.2 Å². The zero-order valence-corrected chi connectivity index (χ0v) is 16.4. The van der Waals surface area contributed by atoms with Crippen molar-refractivity contribution in [1.29, 1.82) is 0 Å². The summed E-state index contributed by atoms with van der Waals surface area (Å²) in [6, 6.07) is 2.17. The van der Waals surface area contributed by atoms with Crippen LogP contribution in [0.1, 0.15) is 53.1 Å². The summed E-state index contributed by atoms with van der Waals surface area (Å²) in [5.41, 5.74) is 2.43. The Morgan fingerprint density at radius 2 is 2.04 bits per heavy atom. The second-order valence-corrected chi connectivity index (χ2v) is 10.2. The highest BCUT2D eigenvalue weighted by atomic mass is 32.2. The Hall–Kier alpha value is -1.68. The van der Waals surface area contributed by atoms with E-state index >= 15 is 0 Å². The van der Waals surface area contributed by atoms with Gasteiger partial charge in [-0.25, -0.2) is 13.1 Å². The van der Waals surface area contributed by atoms with Crippen molar-refractivity contribution in [2.24, 2.45) is 0 Å². The molecule has 3 heterocycles. The molecule has 0 aromatic carbocycles. The summed E-state index contributed by atoms with van der Waals surface area (Å²) in [6.45, 7) is 3.82. The molecule has 1 saturated heterocycles. The van der Waals surface area contributed by atoms with Gasteiger partial charge >= 0.3 is 0 Å². The molecule has 1 aliphatic carbocycles. The van der Waals surface area contributed by atoms with Crippen LogP contribution in [0.4, 0.5) is 0 Å². The second-order valence-electron chi connectivity index (χ2n) is 7.06. The van der Waals surface area contributed by atoms with Crippen LogP contribution in [0.25, 0.3) is 0 Å². The molecule has 0 amide bonds. The van der Waals surface area contributed by atoms with Crippen LogP contribution in [0.5, 0.6) is 0 Å². The molecule has 1 saturated carbocycles. The third-order valence-electron chi connectivity index (χ3n) is 5.05. The fourth-order valence-corrected chi connectivity index (χ4v) is 6.16. The molecule has 0 N–H and O–H groups in total. The van der Waals surface area contributed by atoms with Gasteiger partial charge < -0.3 is 4.57 Å². The SMILES string of the molecule is Cc1cc(C(=O)CSc2nnnn2C2CC2)c(C)n1[C@H]1CCS(=O)(=O)C1. The number of Topliss-reactive ketones (excluding diaryl/α,β-unsaturated/α-hetero) is 1. The number of ketones is 1. The quantitative estimate of drug-likeness (QED) is 0.543. The minimum absolute atomic E-state index is 0.0144. The molecule has 8 nitrogen and oxygen atoms in total. The minimum atomic E-state index is -2.97. The monoisotopic (exact) mass is 395 g/mol. The fraction of sp³-hybridized carbons (Fsp3) is 0.625. The third-order valence-corrected chi connectivity index (χ3v) is 7.73. The first-order valence-corrected chi connectivity index (χ1v) is 11.5. The molecule has 0 spiro atoms. The standard InChI is InChI=1S/C16H21N5O3S2/c1-10-7-14(11(2)20(10)13-5-6-26(23,24)9-13)15(22)8-25-16-17-18-19-21(16)12-3-4-12/h7,12-13H,3-6,8-9H2,1-2H3/t13-/m0/s1.